The second kappa shape index (κ2) is 8.03. The summed E-state index contributed by atoms with van der Waals surface area (Å²) in [5.41, 5.74) is 5.31. The van der Waals surface area contributed by atoms with E-state index in [4.69, 9.17) is 22.4 Å². The average molecular weight is 426 g/mol. The van der Waals surface area contributed by atoms with Crippen LogP contribution in [0, 0.1) is 3.57 Å². The van der Waals surface area contributed by atoms with Crippen LogP contribution in [0.5, 0.6) is 0 Å². The van der Waals surface area contributed by atoms with Gasteiger partial charge < -0.3 is 21.5 Å². The van der Waals surface area contributed by atoms with Crippen LogP contribution in [-0.4, -0.2) is 29.1 Å². The lowest BCUT2D eigenvalue weighted by molar-refractivity contribution is -0.139. The van der Waals surface area contributed by atoms with Crippen LogP contribution in [0.15, 0.2) is 18.2 Å². The fourth-order valence-corrected chi connectivity index (χ4v) is 2.35. The number of halogens is 2. The first-order valence-electron chi connectivity index (χ1n) is 5.83. The molecular formula is C12H13ClIN3O4. The van der Waals surface area contributed by atoms with E-state index >= 15 is 0 Å². The molecule has 0 spiro atoms. The van der Waals surface area contributed by atoms with Gasteiger partial charge in [0.15, 0.2) is 0 Å². The number of carbonyl (C=O) groups excluding carboxylic acids is 2. The lowest BCUT2D eigenvalue weighted by Crippen LogP contribution is -2.43. The molecule has 7 nitrogen and oxygen atoms in total. The summed E-state index contributed by atoms with van der Waals surface area (Å²) in [5, 5.41) is 14.0. The van der Waals surface area contributed by atoms with Gasteiger partial charge in [-0.05, 0) is 47.2 Å². The summed E-state index contributed by atoms with van der Waals surface area (Å²) in [6, 6.07) is 3.06. The number of benzene rings is 1. The van der Waals surface area contributed by atoms with Crippen molar-refractivity contribution in [3.8, 4) is 0 Å². The zero-order chi connectivity index (χ0) is 16.0. The highest BCUT2D eigenvalue weighted by Gasteiger charge is 2.20. The van der Waals surface area contributed by atoms with Crippen LogP contribution < -0.4 is 16.4 Å². The molecule has 0 aromatic heterocycles. The standard InChI is InChI=1S/C12H13ClIN3O4/c13-7-5-6(14)1-2-8(7)16-12(21)17-9(11(19)20)3-4-10(15)18/h1-2,5,9H,3-4H2,(H2,15,18)(H,19,20)(H2,16,17,21)/t9-/m1/s1. The minimum atomic E-state index is -1.25. The van der Waals surface area contributed by atoms with E-state index in [0.29, 0.717) is 10.7 Å². The number of primary amides is 1. The number of anilines is 1. The Morgan fingerprint density at radius 2 is 2.05 bits per heavy atom. The van der Waals surface area contributed by atoms with E-state index in [2.05, 4.69) is 33.2 Å². The quantitative estimate of drug-likeness (QED) is 0.519. The third-order valence-electron chi connectivity index (χ3n) is 2.46. The van der Waals surface area contributed by atoms with Crippen LogP contribution in [0.1, 0.15) is 12.8 Å². The van der Waals surface area contributed by atoms with E-state index in [1.54, 1.807) is 18.2 Å². The van der Waals surface area contributed by atoms with E-state index in [9.17, 15) is 14.4 Å². The predicted octanol–water partition coefficient (Wildman–Crippen LogP) is 1.78. The summed E-state index contributed by atoms with van der Waals surface area (Å²) in [7, 11) is 0. The van der Waals surface area contributed by atoms with Gasteiger partial charge >= 0.3 is 12.0 Å². The fourth-order valence-electron chi connectivity index (χ4n) is 1.45. The molecule has 21 heavy (non-hydrogen) atoms. The first-order valence-corrected chi connectivity index (χ1v) is 7.29. The Bertz CT molecular complexity index is 567. The number of aliphatic carboxylic acids is 1. The Balaban J connectivity index is 2.65. The van der Waals surface area contributed by atoms with Crippen LogP contribution in [0.25, 0.3) is 0 Å². The van der Waals surface area contributed by atoms with Crippen LogP contribution in [0.3, 0.4) is 0 Å². The molecule has 0 bridgehead atoms. The van der Waals surface area contributed by atoms with Crippen molar-refractivity contribution in [1.29, 1.82) is 0 Å². The SMILES string of the molecule is NC(=O)CC[C@@H](NC(=O)Nc1ccc(I)cc1Cl)C(=O)O. The largest absolute Gasteiger partial charge is 0.480 e. The Hall–Kier alpha value is -1.55. The molecule has 0 unspecified atom stereocenters. The number of carboxylic acid groups (broad SMARTS) is 1. The number of urea groups is 1. The molecule has 114 valence electrons. The molecule has 0 saturated carbocycles. The summed E-state index contributed by atoms with van der Waals surface area (Å²) in [5.74, 6) is -1.88. The van der Waals surface area contributed by atoms with E-state index in [0.717, 1.165) is 3.57 Å². The van der Waals surface area contributed by atoms with Gasteiger partial charge in [0.2, 0.25) is 5.91 Å². The predicted molar refractivity (Wildman–Crippen MR) is 86.2 cm³/mol. The van der Waals surface area contributed by atoms with Gasteiger partial charge in [-0.1, -0.05) is 11.6 Å². The van der Waals surface area contributed by atoms with Gasteiger partial charge in [-0.25, -0.2) is 9.59 Å². The third-order valence-corrected chi connectivity index (χ3v) is 3.45. The number of carbonyl (C=O) groups is 3. The first kappa shape index (κ1) is 17.5. The van der Waals surface area contributed by atoms with Gasteiger partial charge in [0.25, 0.3) is 0 Å². The number of nitrogens with one attached hydrogen (secondary N) is 2. The van der Waals surface area contributed by atoms with Crippen molar-refractivity contribution in [2.24, 2.45) is 5.73 Å². The van der Waals surface area contributed by atoms with Crippen molar-refractivity contribution in [3.05, 3.63) is 26.8 Å². The molecule has 1 rings (SSSR count). The lowest BCUT2D eigenvalue weighted by atomic mass is 10.1. The molecule has 0 heterocycles. The first-order chi connectivity index (χ1) is 9.79. The van der Waals surface area contributed by atoms with Crippen molar-refractivity contribution < 1.29 is 19.5 Å². The molecule has 1 atom stereocenters. The summed E-state index contributed by atoms with van der Waals surface area (Å²) in [6.07, 6.45) is -0.222. The highest BCUT2D eigenvalue weighted by molar-refractivity contribution is 14.1. The van der Waals surface area contributed by atoms with E-state index in [-0.39, 0.29) is 12.8 Å². The number of carboxylic acids is 1. The maximum atomic E-state index is 11.7. The zero-order valence-corrected chi connectivity index (χ0v) is 13.6. The summed E-state index contributed by atoms with van der Waals surface area (Å²) < 4.78 is 0.897. The van der Waals surface area contributed by atoms with Gasteiger partial charge in [-0.3, -0.25) is 4.79 Å². The minimum Gasteiger partial charge on any atom is -0.480 e. The van der Waals surface area contributed by atoms with Gasteiger partial charge in [-0.2, -0.15) is 0 Å². The molecule has 9 heteroatoms. The van der Waals surface area contributed by atoms with Crippen molar-refractivity contribution in [2.45, 2.75) is 18.9 Å². The molecule has 0 aliphatic carbocycles. The highest BCUT2D eigenvalue weighted by Crippen LogP contribution is 2.23. The molecule has 1 aromatic rings. The summed E-state index contributed by atoms with van der Waals surface area (Å²) >= 11 is 8.02. The lowest BCUT2D eigenvalue weighted by Gasteiger charge is -2.15. The monoisotopic (exact) mass is 425 g/mol. The second-order valence-corrected chi connectivity index (χ2v) is 5.77. The fraction of sp³-hybridized carbons (Fsp3) is 0.250. The average Bonchev–Trinajstić information content (AvgIpc) is 2.37. The van der Waals surface area contributed by atoms with Crippen LogP contribution in [0.2, 0.25) is 5.02 Å². The Morgan fingerprint density at radius 1 is 1.38 bits per heavy atom. The molecule has 0 aliphatic heterocycles. The van der Waals surface area contributed by atoms with Crippen LogP contribution in [0.4, 0.5) is 10.5 Å². The van der Waals surface area contributed by atoms with Gasteiger partial charge in [-0.15, -0.1) is 0 Å². The smallest absolute Gasteiger partial charge is 0.326 e. The topological polar surface area (TPSA) is 122 Å². The summed E-state index contributed by atoms with van der Waals surface area (Å²) in [4.78, 5) is 33.4. The number of rotatable bonds is 6. The zero-order valence-electron chi connectivity index (χ0n) is 10.7. The maximum Gasteiger partial charge on any atom is 0.326 e. The van der Waals surface area contributed by atoms with Gasteiger partial charge in [0, 0.05) is 9.99 Å². The maximum absolute atomic E-state index is 11.7. The molecule has 0 fully saturated rings. The third kappa shape index (κ3) is 6.17. The van der Waals surface area contributed by atoms with Crippen LogP contribution >= 0.6 is 34.2 Å². The molecule has 0 saturated heterocycles. The van der Waals surface area contributed by atoms with Crippen molar-refractivity contribution in [1.82, 2.24) is 5.32 Å². The highest BCUT2D eigenvalue weighted by atomic mass is 127. The van der Waals surface area contributed by atoms with E-state index < -0.39 is 23.9 Å². The van der Waals surface area contributed by atoms with Crippen molar-refractivity contribution in [2.75, 3.05) is 5.32 Å². The van der Waals surface area contributed by atoms with Gasteiger partial charge in [0.05, 0.1) is 10.7 Å². The normalized spacial score (nSPS) is 11.5. The number of hydrogen-bond donors (Lipinski definition) is 4. The molecule has 0 radical (unpaired) electrons. The number of nitrogens with two attached hydrogens (primary N) is 1. The molecule has 5 N–H and O–H groups in total. The van der Waals surface area contributed by atoms with Crippen molar-refractivity contribution >= 4 is 57.8 Å². The van der Waals surface area contributed by atoms with E-state index in [1.165, 1.54) is 0 Å². The van der Waals surface area contributed by atoms with Crippen molar-refractivity contribution in [3.63, 3.8) is 0 Å². The Morgan fingerprint density at radius 3 is 2.57 bits per heavy atom. The van der Waals surface area contributed by atoms with Crippen LogP contribution in [-0.2, 0) is 9.59 Å². The summed E-state index contributed by atoms with van der Waals surface area (Å²) in [6.45, 7) is 0. The number of amides is 3. The molecule has 1 aromatic carbocycles. The minimum absolute atomic E-state index is 0.0848. The van der Waals surface area contributed by atoms with Gasteiger partial charge in [0.1, 0.15) is 6.04 Å². The molecular weight excluding hydrogens is 413 g/mol. The molecule has 0 aliphatic rings. The second-order valence-electron chi connectivity index (χ2n) is 4.12. The molecule has 3 amide bonds. The Labute approximate surface area is 139 Å². The number of hydrogen-bond acceptors (Lipinski definition) is 3. The Kier molecular flexibility index (Phi) is 6.69. The van der Waals surface area contributed by atoms with E-state index in [1.807, 2.05) is 0 Å².